The normalized spacial score (nSPS) is 11.5. The van der Waals surface area contributed by atoms with Crippen molar-refractivity contribution in [2.24, 2.45) is 0 Å². The molecule has 0 spiro atoms. The smallest absolute Gasteiger partial charge is 0.342 e. The molecule has 3 N–H and O–H groups in total. The highest BCUT2D eigenvalue weighted by Gasteiger charge is 2.17. The molecule has 11 heteroatoms. The Morgan fingerprint density at radius 3 is 2.66 bits per heavy atom. The number of aromatic hydroxyl groups is 1. The number of thioether (sulfide) groups is 1. The van der Waals surface area contributed by atoms with E-state index in [0.29, 0.717) is 22.2 Å². The Morgan fingerprint density at radius 2 is 1.97 bits per heavy atom. The highest BCUT2D eigenvalue weighted by Crippen LogP contribution is 2.36. The number of nitrogens with zero attached hydrogens (tertiary/aromatic N) is 2. The lowest BCUT2D eigenvalue weighted by atomic mass is 10.2. The molecule has 150 valence electrons. The Kier molecular flexibility index (Phi) is 6.59. The van der Waals surface area contributed by atoms with E-state index >= 15 is 0 Å². The van der Waals surface area contributed by atoms with E-state index in [1.54, 1.807) is 18.2 Å². The van der Waals surface area contributed by atoms with Crippen LogP contribution in [-0.4, -0.2) is 38.5 Å². The van der Waals surface area contributed by atoms with Gasteiger partial charge in [0.1, 0.15) is 16.4 Å². The van der Waals surface area contributed by atoms with Crippen LogP contribution in [0.5, 0.6) is 11.5 Å². The van der Waals surface area contributed by atoms with Gasteiger partial charge in [-0.1, -0.05) is 34.8 Å². The van der Waals surface area contributed by atoms with Crippen LogP contribution in [0.3, 0.4) is 0 Å². The minimum absolute atomic E-state index is 0.00622. The molecular formula is C18H12Cl3N3O4S. The molecule has 0 saturated heterocycles. The summed E-state index contributed by atoms with van der Waals surface area (Å²) >= 11 is 18.6. The molecule has 0 amide bonds. The largest absolute Gasteiger partial charge is 0.506 e. The van der Waals surface area contributed by atoms with E-state index in [1.165, 1.54) is 25.3 Å². The van der Waals surface area contributed by atoms with Crippen LogP contribution < -0.4 is 4.74 Å². The Labute approximate surface area is 184 Å². The van der Waals surface area contributed by atoms with Crippen LogP contribution in [0.15, 0.2) is 40.4 Å². The summed E-state index contributed by atoms with van der Waals surface area (Å²) in [6.07, 6.45) is 1.23. The number of H-pyrrole nitrogens is 1. The fourth-order valence-corrected chi connectivity index (χ4v) is 3.73. The molecule has 0 aliphatic carbocycles. The van der Waals surface area contributed by atoms with Crippen molar-refractivity contribution in [3.8, 4) is 22.9 Å². The first-order chi connectivity index (χ1) is 13.8. The van der Waals surface area contributed by atoms with E-state index in [1.807, 2.05) is 0 Å². The van der Waals surface area contributed by atoms with Crippen molar-refractivity contribution in [2.75, 3.05) is 7.11 Å². The second kappa shape index (κ2) is 8.96. The summed E-state index contributed by atoms with van der Waals surface area (Å²) < 4.78 is 5.29. The molecule has 0 unspecified atom stereocenters. The first kappa shape index (κ1) is 21.3. The molecule has 7 nitrogen and oxygen atoms in total. The zero-order chi connectivity index (χ0) is 21.1. The lowest BCUT2D eigenvalue weighted by Crippen LogP contribution is -1.97. The van der Waals surface area contributed by atoms with Crippen LogP contribution >= 0.6 is 46.6 Å². The molecule has 3 aromatic rings. The number of aromatic amines is 1. The molecule has 0 aliphatic heterocycles. The lowest BCUT2D eigenvalue weighted by molar-refractivity contribution is -0.131. The van der Waals surface area contributed by atoms with Crippen molar-refractivity contribution in [3.63, 3.8) is 0 Å². The maximum Gasteiger partial charge on any atom is 0.342 e. The monoisotopic (exact) mass is 471 g/mol. The van der Waals surface area contributed by atoms with Gasteiger partial charge < -0.3 is 14.9 Å². The number of ether oxygens (including phenoxy) is 1. The van der Waals surface area contributed by atoms with Crippen molar-refractivity contribution in [1.82, 2.24) is 15.2 Å². The van der Waals surface area contributed by atoms with Gasteiger partial charge in [0.25, 0.3) is 0 Å². The number of carboxylic acid groups (broad SMARTS) is 1. The van der Waals surface area contributed by atoms with Crippen molar-refractivity contribution < 1.29 is 19.7 Å². The Balaban J connectivity index is 1.95. The van der Waals surface area contributed by atoms with E-state index in [-0.39, 0.29) is 31.4 Å². The minimum atomic E-state index is -1.24. The molecule has 0 saturated carbocycles. The number of aliphatic carboxylic acids is 1. The van der Waals surface area contributed by atoms with Crippen molar-refractivity contribution >= 4 is 58.6 Å². The second-order valence-corrected chi connectivity index (χ2v) is 7.84. The standard InChI is InChI=1S/C18H12Cl3N3O4S/c1-28-13-3-2-9(19)6-11(13)16-22-18(24-23-16)29-14(17(26)27)5-8-4-10(20)7-12(21)15(8)25/h2-7,25H,1H3,(H,26,27)(H,22,23,24)/b14-5-. The molecule has 0 bridgehead atoms. The number of halogens is 3. The average molecular weight is 473 g/mol. The van der Waals surface area contributed by atoms with Gasteiger partial charge in [0.15, 0.2) is 5.82 Å². The third-order valence-electron chi connectivity index (χ3n) is 3.64. The van der Waals surface area contributed by atoms with Crippen LogP contribution in [0.2, 0.25) is 15.1 Å². The van der Waals surface area contributed by atoms with Gasteiger partial charge in [-0.25, -0.2) is 9.78 Å². The number of nitrogens with one attached hydrogen (secondary N) is 1. The summed E-state index contributed by atoms with van der Waals surface area (Å²) in [5.41, 5.74) is 0.721. The lowest BCUT2D eigenvalue weighted by Gasteiger charge is -2.06. The zero-order valence-electron chi connectivity index (χ0n) is 14.6. The number of rotatable bonds is 6. The summed E-state index contributed by atoms with van der Waals surface area (Å²) in [4.78, 5) is 15.8. The molecular weight excluding hydrogens is 461 g/mol. The third kappa shape index (κ3) is 4.97. The topological polar surface area (TPSA) is 108 Å². The van der Waals surface area contributed by atoms with Crippen molar-refractivity contribution in [2.45, 2.75) is 5.16 Å². The fraction of sp³-hybridized carbons (Fsp3) is 0.0556. The summed E-state index contributed by atoms with van der Waals surface area (Å²) in [6.45, 7) is 0. The number of aromatic nitrogens is 3. The van der Waals surface area contributed by atoms with Crippen molar-refractivity contribution in [1.29, 1.82) is 0 Å². The predicted octanol–water partition coefficient (Wildman–Crippen LogP) is 5.36. The minimum Gasteiger partial charge on any atom is -0.506 e. The highest BCUT2D eigenvalue weighted by molar-refractivity contribution is 8.04. The maximum absolute atomic E-state index is 11.7. The molecule has 0 atom stereocenters. The molecule has 3 rings (SSSR count). The van der Waals surface area contributed by atoms with Gasteiger partial charge in [0.05, 0.1) is 17.7 Å². The van der Waals surface area contributed by atoms with E-state index in [2.05, 4.69) is 15.2 Å². The number of methoxy groups -OCH3 is 1. The molecule has 1 heterocycles. The van der Waals surface area contributed by atoms with Gasteiger partial charge in [-0.05, 0) is 48.2 Å². The van der Waals surface area contributed by atoms with Crippen molar-refractivity contribution in [3.05, 3.63) is 55.9 Å². The molecule has 2 aromatic carbocycles. The van der Waals surface area contributed by atoms with Crippen LogP contribution in [0.25, 0.3) is 17.5 Å². The number of phenols is 1. The van der Waals surface area contributed by atoms with Gasteiger partial charge in [0, 0.05) is 15.6 Å². The Hall–Kier alpha value is -2.39. The third-order valence-corrected chi connectivity index (χ3v) is 5.26. The van der Waals surface area contributed by atoms with Crippen LogP contribution in [0.1, 0.15) is 5.56 Å². The van der Waals surface area contributed by atoms with Gasteiger partial charge in [-0.2, -0.15) is 0 Å². The summed E-state index contributed by atoms with van der Waals surface area (Å²) in [5, 5.41) is 27.2. The van der Waals surface area contributed by atoms with E-state index in [0.717, 1.165) is 11.8 Å². The molecule has 0 aliphatic rings. The average Bonchev–Trinajstić information content (AvgIpc) is 3.13. The van der Waals surface area contributed by atoms with Crippen LogP contribution in [0, 0.1) is 0 Å². The SMILES string of the molecule is COc1ccc(Cl)cc1-c1nc(S/C(=C\c2cc(Cl)cc(Cl)c2O)C(=O)O)n[nH]1. The number of carbonyl (C=O) groups is 1. The second-order valence-electron chi connectivity index (χ2n) is 5.55. The Bertz CT molecular complexity index is 1120. The van der Waals surface area contributed by atoms with Gasteiger partial charge >= 0.3 is 5.97 Å². The Morgan fingerprint density at radius 1 is 1.21 bits per heavy atom. The summed E-state index contributed by atoms with van der Waals surface area (Å²) in [5.74, 6) is -0.647. The van der Waals surface area contributed by atoms with E-state index < -0.39 is 5.97 Å². The van der Waals surface area contributed by atoms with Crippen LogP contribution in [0.4, 0.5) is 0 Å². The zero-order valence-corrected chi connectivity index (χ0v) is 17.7. The first-order valence-corrected chi connectivity index (χ1v) is 9.80. The highest BCUT2D eigenvalue weighted by atomic mass is 35.5. The van der Waals surface area contributed by atoms with E-state index in [4.69, 9.17) is 39.5 Å². The number of phenolic OH excluding ortho intramolecular Hbond substituents is 1. The molecule has 0 fully saturated rings. The number of carboxylic acids is 1. The number of hydrogen-bond donors (Lipinski definition) is 3. The fourth-order valence-electron chi connectivity index (χ4n) is 2.35. The maximum atomic E-state index is 11.7. The van der Waals surface area contributed by atoms with Gasteiger partial charge in [0.2, 0.25) is 5.16 Å². The number of benzene rings is 2. The van der Waals surface area contributed by atoms with E-state index in [9.17, 15) is 15.0 Å². The predicted molar refractivity (Wildman–Crippen MR) is 113 cm³/mol. The quantitative estimate of drug-likeness (QED) is 0.327. The van der Waals surface area contributed by atoms with Gasteiger partial charge in [-0.3, -0.25) is 5.10 Å². The molecule has 0 radical (unpaired) electrons. The summed E-state index contributed by atoms with van der Waals surface area (Å²) in [6, 6.07) is 7.75. The number of hydrogen-bond acceptors (Lipinski definition) is 6. The molecule has 29 heavy (non-hydrogen) atoms. The first-order valence-electron chi connectivity index (χ1n) is 7.85. The summed E-state index contributed by atoms with van der Waals surface area (Å²) in [7, 11) is 1.51. The molecule has 1 aromatic heterocycles. The van der Waals surface area contributed by atoms with Crippen LogP contribution in [-0.2, 0) is 4.79 Å². The van der Waals surface area contributed by atoms with Gasteiger partial charge in [-0.15, -0.1) is 5.10 Å².